The van der Waals surface area contributed by atoms with Crippen molar-refractivity contribution in [3.8, 4) is 0 Å². The minimum absolute atomic E-state index is 0.152. The Bertz CT molecular complexity index is 277. The lowest BCUT2D eigenvalue weighted by molar-refractivity contribution is -0.122. The summed E-state index contributed by atoms with van der Waals surface area (Å²) >= 11 is 0. The smallest absolute Gasteiger partial charge is 0.234 e. The van der Waals surface area contributed by atoms with E-state index in [2.05, 4.69) is 10.2 Å². The van der Waals surface area contributed by atoms with Gasteiger partial charge in [0.25, 0.3) is 0 Å². The molecule has 2 unspecified atom stereocenters. The van der Waals surface area contributed by atoms with Gasteiger partial charge in [0.1, 0.15) is 0 Å². The Balaban J connectivity index is 1.68. The monoisotopic (exact) mass is 254 g/mol. The van der Waals surface area contributed by atoms with Crippen LogP contribution in [0.15, 0.2) is 0 Å². The van der Waals surface area contributed by atoms with Crippen LogP contribution in [0.25, 0.3) is 0 Å². The molecule has 0 bridgehead atoms. The van der Waals surface area contributed by atoms with Crippen molar-refractivity contribution in [1.29, 1.82) is 0 Å². The molecule has 1 heterocycles. The summed E-state index contributed by atoms with van der Waals surface area (Å²) in [4.78, 5) is 14.1. The molecule has 0 aromatic rings. The molecule has 2 fully saturated rings. The molecule has 18 heavy (non-hydrogen) atoms. The number of carbonyl (C=O) groups excluding carboxylic acids is 1. The Hall–Kier alpha value is -0.610. The molecule has 0 radical (unpaired) electrons. The van der Waals surface area contributed by atoms with Crippen LogP contribution in [0.5, 0.6) is 0 Å². The highest BCUT2D eigenvalue weighted by atomic mass is 16.3. The van der Waals surface area contributed by atoms with Crippen molar-refractivity contribution in [1.82, 2.24) is 10.2 Å². The van der Waals surface area contributed by atoms with Crippen LogP contribution in [0.1, 0.15) is 45.4 Å². The van der Waals surface area contributed by atoms with E-state index in [0.717, 1.165) is 38.3 Å². The fourth-order valence-electron chi connectivity index (χ4n) is 2.96. The fourth-order valence-corrected chi connectivity index (χ4v) is 2.96. The zero-order valence-electron chi connectivity index (χ0n) is 11.4. The Morgan fingerprint density at radius 2 is 2.17 bits per heavy atom. The van der Waals surface area contributed by atoms with Crippen LogP contribution in [0, 0.1) is 5.92 Å². The van der Waals surface area contributed by atoms with Gasteiger partial charge in [-0.1, -0.05) is 6.42 Å². The zero-order valence-corrected chi connectivity index (χ0v) is 11.4. The molecule has 1 aliphatic heterocycles. The van der Waals surface area contributed by atoms with Crippen LogP contribution in [0.2, 0.25) is 0 Å². The first-order valence-corrected chi connectivity index (χ1v) is 7.34. The first-order chi connectivity index (χ1) is 8.65. The molecule has 4 nitrogen and oxygen atoms in total. The molecule has 104 valence electrons. The number of nitrogens with one attached hydrogen (secondary N) is 1. The topological polar surface area (TPSA) is 52.6 Å². The summed E-state index contributed by atoms with van der Waals surface area (Å²) in [5.74, 6) is 0.875. The van der Waals surface area contributed by atoms with E-state index in [0.29, 0.717) is 12.6 Å². The molecule has 2 rings (SSSR count). The lowest BCUT2D eigenvalue weighted by Crippen LogP contribution is -2.42. The van der Waals surface area contributed by atoms with Gasteiger partial charge in [0.15, 0.2) is 0 Å². The van der Waals surface area contributed by atoms with Crippen molar-refractivity contribution in [2.24, 2.45) is 5.92 Å². The minimum Gasteiger partial charge on any atom is -0.393 e. The van der Waals surface area contributed by atoms with Gasteiger partial charge in [0.05, 0.1) is 12.6 Å². The maximum absolute atomic E-state index is 11.9. The number of hydrogen-bond acceptors (Lipinski definition) is 3. The van der Waals surface area contributed by atoms with Gasteiger partial charge in [-0.2, -0.15) is 0 Å². The first-order valence-electron chi connectivity index (χ1n) is 7.34. The first kappa shape index (κ1) is 13.8. The molecule has 1 amide bonds. The van der Waals surface area contributed by atoms with Crippen LogP contribution in [0.4, 0.5) is 0 Å². The summed E-state index contributed by atoms with van der Waals surface area (Å²) in [6.07, 6.45) is 6.64. The zero-order chi connectivity index (χ0) is 13.0. The highest BCUT2D eigenvalue weighted by Gasteiger charge is 2.27. The maximum atomic E-state index is 11.9. The van der Waals surface area contributed by atoms with Crippen LogP contribution < -0.4 is 5.32 Å². The van der Waals surface area contributed by atoms with Crippen LogP contribution >= 0.6 is 0 Å². The largest absolute Gasteiger partial charge is 0.393 e. The number of amides is 1. The lowest BCUT2D eigenvalue weighted by Gasteiger charge is -2.27. The molecule has 0 aromatic heterocycles. The van der Waals surface area contributed by atoms with Gasteiger partial charge in [0, 0.05) is 12.6 Å². The molecular formula is C14H26N2O2. The Labute approximate surface area is 110 Å². The van der Waals surface area contributed by atoms with E-state index >= 15 is 0 Å². The van der Waals surface area contributed by atoms with Crippen LogP contribution in [0.3, 0.4) is 0 Å². The standard InChI is InChI=1S/C14H26N2O2/c1-11(17)8-13-6-3-7-16(13)10-14(18)15-9-12-4-2-5-12/h11-13,17H,2-10H2,1H3,(H,15,18). The van der Waals surface area contributed by atoms with E-state index < -0.39 is 0 Å². The summed E-state index contributed by atoms with van der Waals surface area (Å²) in [5, 5.41) is 12.5. The number of hydrogen-bond donors (Lipinski definition) is 2. The molecule has 0 aromatic carbocycles. The number of aliphatic hydroxyl groups excluding tert-OH is 1. The molecule has 1 aliphatic carbocycles. The second-order valence-corrected chi connectivity index (χ2v) is 5.95. The van der Waals surface area contributed by atoms with Crippen molar-refractivity contribution in [2.75, 3.05) is 19.6 Å². The summed E-state index contributed by atoms with van der Waals surface area (Å²) < 4.78 is 0. The van der Waals surface area contributed by atoms with E-state index in [4.69, 9.17) is 0 Å². The Kier molecular flexibility index (Phi) is 5.01. The highest BCUT2D eigenvalue weighted by molar-refractivity contribution is 5.78. The Morgan fingerprint density at radius 1 is 1.39 bits per heavy atom. The molecule has 0 spiro atoms. The number of aliphatic hydroxyl groups is 1. The van der Waals surface area contributed by atoms with E-state index in [1.807, 2.05) is 6.92 Å². The van der Waals surface area contributed by atoms with Crippen molar-refractivity contribution >= 4 is 5.91 Å². The molecule has 1 saturated heterocycles. The number of carbonyl (C=O) groups is 1. The third-order valence-electron chi connectivity index (χ3n) is 4.27. The van der Waals surface area contributed by atoms with Gasteiger partial charge in [0.2, 0.25) is 5.91 Å². The van der Waals surface area contributed by atoms with Crippen molar-refractivity contribution < 1.29 is 9.90 Å². The molecular weight excluding hydrogens is 228 g/mol. The molecule has 1 saturated carbocycles. The summed E-state index contributed by atoms with van der Waals surface area (Å²) in [6.45, 7) is 4.18. The van der Waals surface area contributed by atoms with Gasteiger partial charge < -0.3 is 10.4 Å². The quantitative estimate of drug-likeness (QED) is 0.747. The van der Waals surface area contributed by atoms with Gasteiger partial charge in [-0.05, 0) is 51.5 Å². The van der Waals surface area contributed by atoms with Crippen molar-refractivity contribution in [2.45, 2.75) is 57.6 Å². The predicted molar refractivity (Wildman–Crippen MR) is 71.2 cm³/mol. The third kappa shape index (κ3) is 3.95. The average Bonchev–Trinajstić information content (AvgIpc) is 2.62. The molecule has 2 aliphatic rings. The van der Waals surface area contributed by atoms with Gasteiger partial charge in [-0.3, -0.25) is 9.69 Å². The predicted octanol–water partition coefficient (Wildman–Crippen LogP) is 1.14. The van der Waals surface area contributed by atoms with E-state index in [1.54, 1.807) is 0 Å². The average molecular weight is 254 g/mol. The molecule has 2 N–H and O–H groups in total. The van der Waals surface area contributed by atoms with E-state index in [-0.39, 0.29) is 12.0 Å². The van der Waals surface area contributed by atoms with Crippen molar-refractivity contribution in [3.05, 3.63) is 0 Å². The van der Waals surface area contributed by atoms with Gasteiger partial charge in [-0.25, -0.2) is 0 Å². The molecule has 2 atom stereocenters. The molecule has 4 heteroatoms. The Morgan fingerprint density at radius 3 is 2.78 bits per heavy atom. The van der Waals surface area contributed by atoms with E-state index in [1.165, 1.54) is 19.3 Å². The number of likely N-dealkylation sites (tertiary alicyclic amines) is 1. The van der Waals surface area contributed by atoms with Crippen LogP contribution in [-0.2, 0) is 4.79 Å². The number of rotatable bonds is 6. The summed E-state index contributed by atoms with van der Waals surface area (Å²) in [7, 11) is 0. The lowest BCUT2D eigenvalue weighted by atomic mass is 9.85. The third-order valence-corrected chi connectivity index (χ3v) is 4.27. The second-order valence-electron chi connectivity index (χ2n) is 5.95. The highest BCUT2D eigenvalue weighted by Crippen LogP contribution is 2.25. The van der Waals surface area contributed by atoms with Crippen LogP contribution in [-0.4, -0.2) is 47.7 Å². The van der Waals surface area contributed by atoms with Gasteiger partial charge in [-0.15, -0.1) is 0 Å². The number of nitrogens with zero attached hydrogens (tertiary/aromatic N) is 1. The van der Waals surface area contributed by atoms with Crippen molar-refractivity contribution in [3.63, 3.8) is 0 Å². The minimum atomic E-state index is -0.270. The normalized spacial score (nSPS) is 26.9. The summed E-state index contributed by atoms with van der Waals surface area (Å²) in [6, 6.07) is 0.388. The second kappa shape index (κ2) is 6.53. The fraction of sp³-hybridized carbons (Fsp3) is 0.929. The summed E-state index contributed by atoms with van der Waals surface area (Å²) in [5.41, 5.74) is 0. The van der Waals surface area contributed by atoms with E-state index in [9.17, 15) is 9.90 Å². The van der Waals surface area contributed by atoms with Gasteiger partial charge >= 0.3 is 0 Å². The maximum Gasteiger partial charge on any atom is 0.234 e. The SMILES string of the molecule is CC(O)CC1CCCN1CC(=O)NCC1CCC1.